The highest BCUT2D eigenvalue weighted by Crippen LogP contribution is 2.32. The highest BCUT2D eigenvalue weighted by molar-refractivity contribution is 7.99. The molecule has 7 heteroatoms. The van der Waals surface area contributed by atoms with Crippen LogP contribution in [-0.4, -0.2) is 20.0 Å². The minimum absolute atomic E-state index is 0.325. The molecule has 4 nitrogen and oxygen atoms in total. The van der Waals surface area contributed by atoms with Crippen molar-refractivity contribution in [2.24, 2.45) is 7.05 Å². The molecule has 0 radical (unpaired) electrons. The summed E-state index contributed by atoms with van der Waals surface area (Å²) >= 11 is 13.1. The Morgan fingerprint density at radius 3 is 2.62 bits per heavy atom. The van der Waals surface area contributed by atoms with Crippen LogP contribution in [0.2, 0.25) is 10.3 Å². The fourth-order valence-corrected chi connectivity index (χ4v) is 2.55. The molecule has 2 aromatic rings. The highest BCUT2D eigenvalue weighted by Gasteiger charge is 2.09. The third kappa shape index (κ3) is 2.48. The largest absolute Gasteiger partial charge is 0.262 e. The topological polar surface area (TPSA) is 43.6 Å². The van der Waals surface area contributed by atoms with E-state index >= 15 is 0 Å². The van der Waals surface area contributed by atoms with E-state index < -0.39 is 0 Å². The first-order chi connectivity index (χ1) is 7.56. The summed E-state index contributed by atoms with van der Waals surface area (Å²) in [5.74, 6) is 0. The summed E-state index contributed by atoms with van der Waals surface area (Å²) in [5.41, 5.74) is 0.953. The van der Waals surface area contributed by atoms with Gasteiger partial charge in [0.2, 0.25) is 0 Å². The number of aryl methyl sites for hydroxylation is 2. The lowest BCUT2D eigenvalue weighted by Crippen LogP contribution is -1.93. The molecule has 2 aromatic heterocycles. The van der Waals surface area contributed by atoms with Crippen LogP contribution in [0.3, 0.4) is 0 Å². The molecule has 0 amide bonds. The number of hydrogen-bond donors (Lipinski definition) is 0. The molecule has 0 unspecified atom stereocenters. The van der Waals surface area contributed by atoms with Crippen LogP contribution in [0.5, 0.6) is 0 Å². The summed E-state index contributed by atoms with van der Waals surface area (Å²) < 4.78 is 1.78. The number of aromatic nitrogens is 4. The Morgan fingerprint density at radius 2 is 2.00 bits per heavy atom. The summed E-state index contributed by atoms with van der Waals surface area (Å²) in [7, 11) is 1.87. The molecule has 0 aromatic carbocycles. The van der Waals surface area contributed by atoms with Gasteiger partial charge in [-0.25, -0.2) is 0 Å². The molecular formula is C9H8Cl2N4S. The third-order valence-electron chi connectivity index (χ3n) is 1.86. The van der Waals surface area contributed by atoms with Crippen molar-refractivity contribution in [1.29, 1.82) is 0 Å². The average molecular weight is 275 g/mol. The van der Waals surface area contributed by atoms with E-state index in [1.165, 1.54) is 11.8 Å². The molecule has 84 valence electrons. The minimum atomic E-state index is 0.325. The summed E-state index contributed by atoms with van der Waals surface area (Å²) in [6, 6.07) is 3.65. The van der Waals surface area contributed by atoms with Crippen molar-refractivity contribution in [2.45, 2.75) is 16.8 Å². The van der Waals surface area contributed by atoms with Crippen molar-refractivity contribution < 1.29 is 0 Å². The maximum atomic E-state index is 5.92. The predicted octanol–water partition coefficient (Wildman–Crippen LogP) is 2.98. The molecule has 0 atom stereocenters. The second kappa shape index (κ2) is 4.61. The molecule has 0 aliphatic rings. The van der Waals surface area contributed by atoms with Gasteiger partial charge >= 0.3 is 0 Å². The lowest BCUT2D eigenvalue weighted by molar-refractivity contribution is 0.692. The monoisotopic (exact) mass is 274 g/mol. The van der Waals surface area contributed by atoms with Crippen molar-refractivity contribution in [2.75, 3.05) is 0 Å². The van der Waals surface area contributed by atoms with Crippen LogP contribution in [-0.2, 0) is 7.05 Å². The lowest BCUT2D eigenvalue weighted by atomic mass is 10.5. The summed E-state index contributed by atoms with van der Waals surface area (Å²) in [4.78, 5) is 0.768. The zero-order valence-corrected chi connectivity index (χ0v) is 10.9. The quantitative estimate of drug-likeness (QED) is 0.845. The lowest BCUT2D eigenvalue weighted by Gasteiger charge is -2.02. The van der Waals surface area contributed by atoms with E-state index in [9.17, 15) is 0 Å². The molecule has 2 rings (SSSR count). The van der Waals surface area contributed by atoms with Gasteiger partial charge in [-0.1, -0.05) is 35.0 Å². The molecule has 0 N–H and O–H groups in total. The van der Waals surface area contributed by atoms with Crippen LogP contribution in [0, 0.1) is 6.92 Å². The molecule has 2 heterocycles. The van der Waals surface area contributed by atoms with E-state index in [0.717, 1.165) is 15.6 Å². The highest BCUT2D eigenvalue weighted by atomic mass is 35.5. The predicted molar refractivity (Wildman–Crippen MR) is 64.1 cm³/mol. The Labute approximate surface area is 107 Å². The third-order valence-corrected chi connectivity index (χ3v) is 3.56. The van der Waals surface area contributed by atoms with Gasteiger partial charge in [-0.05, 0) is 19.1 Å². The van der Waals surface area contributed by atoms with Crippen LogP contribution < -0.4 is 0 Å². The SMILES string of the molecule is Cc1cc(Sc2cc(Cl)nnc2Cl)n(C)n1. The van der Waals surface area contributed by atoms with E-state index in [1.54, 1.807) is 10.7 Å². The van der Waals surface area contributed by atoms with Crippen molar-refractivity contribution in [1.82, 2.24) is 20.0 Å². The standard InChI is InChI=1S/C9H8Cl2N4S/c1-5-3-8(15(2)14-5)16-6-4-7(10)12-13-9(6)11/h3-4H,1-2H3. The fraction of sp³-hybridized carbons (Fsp3) is 0.222. The van der Waals surface area contributed by atoms with E-state index in [-0.39, 0.29) is 0 Å². The first-order valence-electron chi connectivity index (χ1n) is 4.43. The zero-order valence-electron chi connectivity index (χ0n) is 8.61. The van der Waals surface area contributed by atoms with Gasteiger partial charge in [0, 0.05) is 7.05 Å². The average Bonchev–Trinajstić information content (AvgIpc) is 2.51. The molecule has 0 spiro atoms. The van der Waals surface area contributed by atoms with E-state index in [1.807, 2.05) is 20.0 Å². The number of rotatable bonds is 2. The van der Waals surface area contributed by atoms with Gasteiger partial charge in [0.05, 0.1) is 15.6 Å². The van der Waals surface area contributed by atoms with Crippen molar-refractivity contribution in [3.63, 3.8) is 0 Å². The van der Waals surface area contributed by atoms with Gasteiger partial charge in [0.25, 0.3) is 0 Å². The van der Waals surface area contributed by atoms with Crippen LogP contribution in [0.1, 0.15) is 5.69 Å². The zero-order chi connectivity index (χ0) is 11.7. The maximum Gasteiger partial charge on any atom is 0.165 e. The van der Waals surface area contributed by atoms with Crippen LogP contribution in [0.25, 0.3) is 0 Å². The van der Waals surface area contributed by atoms with E-state index in [0.29, 0.717) is 10.3 Å². The van der Waals surface area contributed by atoms with E-state index in [2.05, 4.69) is 15.3 Å². The molecule has 0 saturated heterocycles. The van der Waals surface area contributed by atoms with Crippen LogP contribution in [0.15, 0.2) is 22.1 Å². The van der Waals surface area contributed by atoms with Crippen molar-refractivity contribution >= 4 is 35.0 Å². The number of hydrogen-bond acceptors (Lipinski definition) is 4. The summed E-state index contributed by atoms with van der Waals surface area (Å²) in [6.45, 7) is 1.93. The van der Waals surface area contributed by atoms with Gasteiger partial charge in [-0.2, -0.15) is 5.10 Å². The molecular weight excluding hydrogens is 267 g/mol. The normalized spacial score (nSPS) is 10.8. The second-order valence-electron chi connectivity index (χ2n) is 3.17. The fourth-order valence-electron chi connectivity index (χ4n) is 1.20. The van der Waals surface area contributed by atoms with Gasteiger partial charge in [0.1, 0.15) is 0 Å². The van der Waals surface area contributed by atoms with Crippen LogP contribution in [0.4, 0.5) is 0 Å². The maximum absolute atomic E-state index is 5.92. The molecule has 0 aliphatic heterocycles. The second-order valence-corrected chi connectivity index (χ2v) is 4.98. The molecule has 0 bridgehead atoms. The summed E-state index contributed by atoms with van der Waals surface area (Å²) in [5, 5.41) is 13.3. The van der Waals surface area contributed by atoms with Gasteiger partial charge in [0.15, 0.2) is 10.3 Å². The molecule has 0 aliphatic carbocycles. The van der Waals surface area contributed by atoms with Gasteiger partial charge in [-0.15, -0.1) is 10.2 Å². The van der Waals surface area contributed by atoms with E-state index in [4.69, 9.17) is 23.2 Å². The molecule has 16 heavy (non-hydrogen) atoms. The minimum Gasteiger partial charge on any atom is -0.262 e. The van der Waals surface area contributed by atoms with Gasteiger partial charge in [-0.3, -0.25) is 4.68 Å². The first kappa shape index (κ1) is 11.7. The Kier molecular flexibility index (Phi) is 3.37. The number of halogens is 2. The Hall–Kier alpha value is -0.780. The smallest absolute Gasteiger partial charge is 0.165 e. The molecule has 0 saturated carbocycles. The van der Waals surface area contributed by atoms with Gasteiger partial charge < -0.3 is 0 Å². The summed E-state index contributed by atoms with van der Waals surface area (Å²) in [6.07, 6.45) is 0. The Bertz CT molecular complexity index is 526. The molecule has 0 fully saturated rings. The van der Waals surface area contributed by atoms with Crippen molar-refractivity contribution in [3.8, 4) is 0 Å². The van der Waals surface area contributed by atoms with Crippen LogP contribution >= 0.6 is 35.0 Å². The number of nitrogens with zero attached hydrogens (tertiary/aromatic N) is 4. The van der Waals surface area contributed by atoms with Crippen molar-refractivity contribution in [3.05, 3.63) is 28.1 Å². The Balaban J connectivity index is 2.33. The first-order valence-corrected chi connectivity index (χ1v) is 6.00. The Morgan fingerprint density at radius 1 is 1.25 bits per heavy atom.